The van der Waals surface area contributed by atoms with E-state index in [-0.39, 0.29) is 0 Å². The van der Waals surface area contributed by atoms with Crippen LogP contribution in [0.1, 0.15) is 6.92 Å². The number of halogens is 2. The number of nitrogens with zero attached hydrogens (tertiary/aromatic N) is 1. The SMILES string of the molecule is CCN=C(N)Nc1ccc(Cl)c(Cl)c1. The van der Waals surface area contributed by atoms with E-state index in [0.717, 1.165) is 5.69 Å². The zero-order chi connectivity index (χ0) is 10.6. The van der Waals surface area contributed by atoms with E-state index in [2.05, 4.69) is 10.3 Å². The summed E-state index contributed by atoms with van der Waals surface area (Å²) >= 11 is 11.6. The third kappa shape index (κ3) is 3.09. The van der Waals surface area contributed by atoms with Crippen LogP contribution < -0.4 is 11.1 Å². The Labute approximate surface area is 92.9 Å². The molecule has 0 unspecified atom stereocenters. The first-order chi connectivity index (χ1) is 6.63. The Hall–Kier alpha value is -0.930. The maximum Gasteiger partial charge on any atom is 0.193 e. The Morgan fingerprint density at radius 2 is 2.14 bits per heavy atom. The van der Waals surface area contributed by atoms with Crippen molar-refractivity contribution in [2.75, 3.05) is 11.9 Å². The molecular weight excluding hydrogens is 221 g/mol. The molecule has 0 aliphatic rings. The van der Waals surface area contributed by atoms with Crippen molar-refractivity contribution >= 4 is 34.8 Å². The van der Waals surface area contributed by atoms with Crippen LogP contribution in [0.4, 0.5) is 5.69 Å². The monoisotopic (exact) mass is 231 g/mol. The summed E-state index contributed by atoms with van der Waals surface area (Å²) in [6, 6.07) is 5.18. The molecule has 3 nitrogen and oxygen atoms in total. The lowest BCUT2D eigenvalue weighted by Crippen LogP contribution is -2.22. The fraction of sp³-hybridized carbons (Fsp3) is 0.222. The second-order valence-corrected chi connectivity index (χ2v) is 3.43. The molecule has 0 saturated heterocycles. The van der Waals surface area contributed by atoms with E-state index < -0.39 is 0 Å². The van der Waals surface area contributed by atoms with Crippen molar-refractivity contribution in [3.8, 4) is 0 Å². The molecule has 0 aromatic heterocycles. The predicted molar refractivity (Wildman–Crippen MR) is 62.2 cm³/mol. The highest BCUT2D eigenvalue weighted by atomic mass is 35.5. The van der Waals surface area contributed by atoms with Gasteiger partial charge in [0.05, 0.1) is 10.0 Å². The summed E-state index contributed by atoms with van der Waals surface area (Å²) in [4.78, 5) is 3.98. The third-order valence-electron chi connectivity index (χ3n) is 1.52. The standard InChI is InChI=1S/C9H11Cl2N3/c1-2-13-9(12)14-6-3-4-7(10)8(11)5-6/h3-5H,2H2,1H3,(H3,12,13,14). The first-order valence-corrected chi connectivity index (χ1v) is 4.91. The maximum absolute atomic E-state index is 5.82. The Morgan fingerprint density at radius 1 is 1.43 bits per heavy atom. The molecule has 14 heavy (non-hydrogen) atoms. The van der Waals surface area contributed by atoms with Gasteiger partial charge in [-0.05, 0) is 25.1 Å². The van der Waals surface area contributed by atoms with E-state index >= 15 is 0 Å². The van der Waals surface area contributed by atoms with Crippen LogP contribution in [0.25, 0.3) is 0 Å². The van der Waals surface area contributed by atoms with Gasteiger partial charge in [-0.3, -0.25) is 4.99 Å². The van der Waals surface area contributed by atoms with Gasteiger partial charge in [-0.25, -0.2) is 0 Å². The molecule has 0 radical (unpaired) electrons. The predicted octanol–water partition coefficient (Wildman–Crippen LogP) is 2.74. The molecule has 0 bridgehead atoms. The minimum atomic E-state index is 0.367. The van der Waals surface area contributed by atoms with Gasteiger partial charge in [0.1, 0.15) is 0 Å². The van der Waals surface area contributed by atoms with Gasteiger partial charge in [0, 0.05) is 12.2 Å². The first-order valence-electron chi connectivity index (χ1n) is 4.15. The van der Waals surface area contributed by atoms with E-state index in [1.807, 2.05) is 6.92 Å². The summed E-state index contributed by atoms with van der Waals surface area (Å²) in [5, 5.41) is 3.90. The smallest absolute Gasteiger partial charge is 0.193 e. The number of nitrogens with two attached hydrogens (primary N) is 1. The van der Waals surface area contributed by atoms with Crippen LogP contribution in [0.5, 0.6) is 0 Å². The van der Waals surface area contributed by atoms with Gasteiger partial charge in [0.15, 0.2) is 5.96 Å². The van der Waals surface area contributed by atoms with Gasteiger partial charge in [0.25, 0.3) is 0 Å². The normalized spacial score (nSPS) is 11.5. The minimum Gasteiger partial charge on any atom is -0.370 e. The maximum atomic E-state index is 5.82. The summed E-state index contributed by atoms with van der Waals surface area (Å²) in [5.74, 6) is 0.367. The zero-order valence-corrected chi connectivity index (χ0v) is 9.23. The quantitative estimate of drug-likeness (QED) is 0.608. The summed E-state index contributed by atoms with van der Waals surface area (Å²) in [5.41, 5.74) is 6.34. The largest absolute Gasteiger partial charge is 0.370 e. The zero-order valence-electron chi connectivity index (χ0n) is 7.72. The molecule has 1 rings (SSSR count). The van der Waals surface area contributed by atoms with E-state index in [9.17, 15) is 0 Å². The Morgan fingerprint density at radius 3 is 2.71 bits per heavy atom. The summed E-state index contributed by atoms with van der Waals surface area (Å²) in [7, 11) is 0. The van der Waals surface area contributed by atoms with Gasteiger partial charge in [-0.2, -0.15) is 0 Å². The van der Waals surface area contributed by atoms with Gasteiger partial charge >= 0.3 is 0 Å². The molecule has 1 aromatic carbocycles. The van der Waals surface area contributed by atoms with Crippen molar-refractivity contribution in [2.24, 2.45) is 10.7 Å². The second kappa shape index (κ2) is 5.08. The lowest BCUT2D eigenvalue weighted by atomic mass is 10.3. The Bertz CT molecular complexity index is 350. The highest BCUT2D eigenvalue weighted by Gasteiger charge is 1.99. The number of anilines is 1. The molecule has 0 heterocycles. The number of nitrogens with one attached hydrogen (secondary N) is 1. The van der Waals surface area contributed by atoms with E-state index in [4.69, 9.17) is 28.9 Å². The van der Waals surface area contributed by atoms with Crippen LogP contribution in [0.2, 0.25) is 10.0 Å². The van der Waals surface area contributed by atoms with Gasteiger partial charge in [-0.1, -0.05) is 23.2 Å². The lowest BCUT2D eigenvalue weighted by molar-refractivity contribution is 1.12. The molecule has 1 aromatic rings. The van der Waals surface area contributed by atoms with Gasteiger partial charge in [-0.15, -0.1) is 0 Å². The van der Waals surface area contributed by atoms with Crippen molar-refractivity contribution < 1.29 is 0 Å². The minimum absolute atomic E-state index is 0.367. The van der Waals surface area contributed by atoms with E-state index in [1.54, 1.807) is 18.2 Å². The molecule has 0 aliphatic heterocycles. The van der Waals surface area contributed by atoms with Crippen LogP contribution in [0.15, 0.2) is 23.2 Å². The number of hydrogen-bond donors (Lipinski definition) is 2. The topological polar surface area (TPSA) is 50.4 Å². The highest BCUT2D eigenvalue weighted by Crippen LogP contribution is 2.24. The molecule has 0 fully saturated rings. The number of hydrogen-bond acceptors (Lipinski definition) is 1. The third-order valence-corrected chi connectivity index (χ3v) is 2.26. The molecular formula is C9H11Cl2N3. The molecule has 0 atom stereocenters. The van der Waals surface area contributed by atoms with E-state index in [0.29, 0.717) is 22.5 Å². The van der Waals surface area contributed by atoms with Crippen molar-refractivity contribution in [3.63, 3.8) is 0 Å². The molecule has 0 spiro atoms. The van der Waals surface area contributed by atoms with Crippen molar-refractivity contribution in [1.29, 1.82) is 0 Å². The number of benzene rings is 1. The van der Waals surface area contributed by atoms with Gasteiger partial charge in [0.2, 0.25) is 0 Å². The van der Waals surface area contributed by atoms with Crippen molar-refractivity contribution in [2.45, 2.75) is 6.92 Å². The molecule has 5 heteroatoms. The number of rotatable bonds is 2. The van der Waals surface area contributed by atoms with Crippen LogP contribution in [0, 0.1) is 0 Å². The highest BCUT2D eigenvalue weighted by molar-refractivity contribution is 6.42. The Kier molecular flexibility index (Phi) is 4.04. The van der Waals surface area contributed by atoms with Crippen LogP contribution in [-0.4, -0.2) is 12.5 Å². The van der Waals surface area contributed by atoms with E-state index in [1.165, 1.54) is 0 Å². The Balaban J connectivity index is 2.78. The average Bonchev–Trinajstić information content (AvgIpc) is 2.12. The number of aliphatic imine (C=N–C) groups is 1. The second-order valence-electron chi connectivity index (χ2n) is 2.61. The first kappa shape index (κ1) is 11.1. The van der Waals surface area contributed by atoms with Crippen LogP contribution >= 0.6 is 23.2 Å². The molecule has 0 amide bonds. The molecule has 0 saturated carbocycles. The molecule has 0 aliphatic carbocycles. The fourth-order valence-corrected chi connectivity index (χ4v) is 1.23. The molecule has 3 N–H and O–H groups in total. The summed E-state index contributed by atoms with van der Waals surface area (Å²) < 4.78 is 0. The fourth-order valence-electron chi connectivity index (χ4n) is 0.932. The summed E-state index contributed by atoms with van der Waals surface area (Å²) in [6.45, 7) is 2.55. The summed E-state index contributed by atoms with van der Waals surface area (Å²) in [6.07, 6.45) is 0. The van der Waals surface area contributed by atoms with Crippen LogP contribution in [0.3, 0.4) is 0 Å². The van der Waals surface area contributed by atoms with Crippen molar-refractivity contribution in [3.05, 3.63) is 28.2 Å². The van der Waals surface area contributed by atoms with Crippen LogP contribution in [-0.2, 0) is 0 Å². The van der Waals surface area contributed by atoms with Crippen molar-refractivity contribution in [1.82, 2.24) is 0 Å². The average molecular weight is 232 g/mol. The number of guanidine groups is 1. The lowest BCUT2D eigenvalue weighted by Gasteiger charge is -2.05. The van der Waals surface area contributed by atoms with Gasteiger partial charge < -0.3 is 11.1 Å². The molecule has 76 valence electrons.